The molecule has 0 radical (unpaired) electrons. The van der Waals surface area contributed by atoms with Gasteiger partial charge in [-0.25, -0.2) is 4.72 Å². The van der Waals surface area contributed by atoms with Gasteiger partial charge in [-0.05, 0) is 13.8 Å². The molecule has 0 saturated carbocycles. The fraction of sp³-hybridized carbons (Fsp3) is 0.900. The highest BCUT2D eigenvalue weighted by atomic mass is 32.2. The predicted octanol–water partition coefficient (Wildman–Crippen LogP) is 0.190. The second kappa shape index (κ2) is 8.82. The molecule has 126 valence electrons. The van der Waals surface area contributed by atoms with Gasteiger partial charge in [-0.1, -0.05) is 0 Å². The fourth-order valence-corrected chi connectivity index (χ4v) is 3.84. The van der Waals surface area contributed by atoms with Gasteiger partial charge in [0, 0.05) is 21.2 Å². The standard InChI is InChI=1S/C10H23N2O7PS/c1-6-18-20(14,19-7-2)9(8-17-5)10(13)11-21(15,16)12(3)4/h9H,6-8H2,1-5H3,(H,11,13)/t9-/m0/s1. The predicted molar refractivity (Wildman–Crippen MR) is 77.3 cm³/mol. The van der Waals surface area contributed by atoms with Crippen LogP contribution in [0.2, 0.25) is 0 Å². The highest BCUT2D eigenvalue weighted by molar-refractivity contribution is 7.87. The topological polar surface area (TPSA) is 111 Å². The Labute approximate surface area is 125 Å². The minimum Gasteiger partial charge on any atom is -0.383 e. The lowest BCUT2D eigenvalue weighted by Crippen LogP contribution is -2.45. The van der Waals surface area contributed by atoms with E-state index in [2.05, 4.69) is 0 Å². The number of carbonyl (C=O) groups is 1. The lowest BCUT2D eigenvalue weighted by Gasteiger charge is -2.25. The average molecular weight is 346 g/mol. The molecule has 0 aromatic carbocycles. The van der Waals surface area contributed by atoms with Gasteiger partial charge in [-0.3, -0.25) is 9.36 Å². The first-order chi connectivity index (χ1) is 9.64. The molecule has 0 saturated heterocycles. The molecule has 0 aromatic rings. The molecule has 0 aromatic heterocycles. The number of methoxy groups -OCH3 is 1. The Morgan fingerprint density at radius 1 is 1.24 bits per heavy atom. The van der Waals surface area contributed by atoms with Crippen LogP contribution >= 0.6 is 7.60 Å². The maximum Gasteiger partial charge on any atom is 0.345 e. The fourth-order valence-electron chi connectivity index (χ4n) is 1.33. The quantitative estimate of drug-likeness (QED) is 0.562. The zero-order chi connectivity index (χ0) is 16.7. The van der Waals surface area contributed by atoms with Crippen molar-refractivity contribution in [2.75, 3.05) is 41.0 Å². The molecule has 0 fully saturated rings. The molecule has 21 heavy (non-hydrogen) atoms. The van der Waals surface area contributed by atoms with Crippen LogP contribution in [0.15, 0.2) is 0 Å². The maximum atomic E-state index is 12.6. The molecule has 0 bridgehead atoms. The Bertz CT molecular complexity index is 470. The summed E-state index contributed by atoms with van der Waals surface area (Å²) in [6.07, 6.45) is 0. The van der Waals surface area contributed by atoms with Gasteiger partial charge < -0.3 is 13.8 Å². The van der Waals surface area contributed by atoms with Gasteiger partial charge in [0.05, 0.1) is 19.8 Å². The number of hydrogen-bond donors (Lipinski definition) is 1. The molecule has 0 unspecified atom stereocenters. The number of ether oxygens (including phenoxy) is 1. The van der Waals surface area contributed by atoms with Gasteiger partial charge in [-0.2, -0.15) is 12.7 Å². The van der Waals surface area contributed by atoms with Crippen LogP contribution in [0.1, 0.15) is 13.8 Å². The molecular weight excluding hydrogens is 323 g/mol. The Kier molecular flexibility index (Phi) is 8.60. The highest BCUT2D eigenvalue weighted by Gasteiger charge is 2.42. The first-order valence-corrected chi connectivity index (χ1v) is 9.31. The number of carbonyl (C=O) groups excluding carboxylic acids is 1. The van der Waals surface area contributed by atoms with Crippen LogP contribution in [0.25, 0.3) is 0 Å². The number of hydrogen-bond acceptors (Lipinski definition) is 7. The summed E-state index contributed by atoms with van der Waals surface area (Å²) in [5, 5.41) is 0. The minimum absolute atomic E-state index is 0.0468. The van der Waals surface area contributed by atoms with E-state index in [9.17, 15) is 17.8 Å². The number of amides is 1. The van der Waals surface area contributed by atoms with Crippen LogP contribution in [0.5, 0.6) is 0 Å². The van der Waals surface area contributed by atoms with E-state index in [-0.39, 0.29) is 19.8 Å². The largest absolute Gasteiger partial charge is 0.383 e. The van der Waals surface area contributed by atoms with Gasteiger partial charge in [0.2, 0.25) is 0 Å². The normalized spacial score (nSPS) is 14.2. The van der Waals surface area contributed by atoms with Crippen molar-refractivity contribution < 1.29 is 31.6 Å². The monoisotopic (exact) mass is 346 g/mol. The van der Waals surface area contributed by atoms with E-state index in [1.165, 1.54) is 21.2 Å². The molecule has 1 amide bonds. The second-order valence-electron chi connectivity index (χ2n) is 4.10. The first kappa shape index (κ1) is 20.5. The second-order valence-corrected chi connectivity index (χ2v) is 8.20. The van der Waals surface area contributed by atoms with Crippen molar-refractivity contribution >= 4 is 23.7 Å². The smallest absolute Gasteiger partial charge is 0.345 e. The van der Waals surface area contributed by atoms with Gasteiger partial charge in [0.15, 0.2) is 5.66 Å². The van der Waals surface area contributed by atoms with Crippen LogP contribution < -0.4 is 4.72 Å². The Hall–Kier alpha value is -0.510. The Balaban J connectivity index is 5.37. The summed E-state index contributed by atoms with van der Waals surface area (Å²) in [6.45, 7) is 2.97. The van der Waals surface area contributed by atoms with Crippen molar-refractivity contribution in [3.8, 4) is 0 Å². The van der Waals surface area contributed by atoms with E-state index < -0.39 is 29.4 Å². The SMILES string of the molecule is CCOP(=O)(OCC)[C@@H](COC)C(=O)NS(=O)(=O)N(C)C. The third-order valence-corrected chi connectivity index (χ3v) is 6.14. The maximum absolute atomic E-state index is 12.6. The van der Waals surface area contributed by atoms with E-state index >= 15 is 0 Å². The van der Waals surface area contributed by atoms with E-state index in [0.717, 1.165) is 4.31 Å². The van der Waals surface area contributed by atoms with Crippen LogP contribution in [-0.2, 0) is 33.4 Å². The van der Waals surface area contributed by atoms with E-state index in [0.29, 0.717) is 0 Å². The molecule has 0 aliphatic carbocycles. The van der Waals surface area contributed by atoms with Crippen molar-refractivity contribution in [2.45, 2.75) is 19.5 Å². The van der Waals surface area contributed by atoms with Crippen molar-refractivity contribution in [3.05, 3.63) is 0 Å². The summed E-state index contributed by atoms with van der Waals surface area (Å²) in [6, 6.07) is 0. The van der Waals surface area contributed by atoms with Crippen molar-refractivity contribution in [1.82, 2.24) is 9.03 Å². The molecule has 9 nitrogen and oxygen atoms in total. The van der Waals surface area contributed by atoms with Gasteiger partial charge in [0.25, 0.3) is 5.91 Å². The van der Waals surface area contributed by atoms with E-state index in [4.69, 9.17) is 13.8 Å². The first-order valence-electron chi connectivity index (χ1n) is 6.26. The molecule has 0 spiro atoms. The molecule has 11 heteroatoms. The summed E-state index contributed by atoms with van der Waals surface area (Å²) in [5.41, 5.74) is -1.38. The Morgan fingerprint density at radius 3 is 2.05 bits per heavy atom. The van der Waals surface area contributed by atoms with Gasteiger partial charge in [0.1, 0.15) is 0 Å². The molecule has 1 atom stereocenters. The lowest BCUT2D eigenvalue weighted by molar-refractivity contribution is -0.120. The van der Waals surface area contributed by atoms with Crippen molar-refractivity contribution in [2.24, 2.45) is 0 Å². The van der Waals surface area contributed by atoms with Gasteiger partial charge >= 0.3 is 17.8 Å². The van der Waals surface area contributed by atoms with Crippen molar-refractivity contribution in [1.29, 1.82) is 0 Å². The van der Waals surface area contributed by atoms with Crippen LogP contribution in [0.4, 0.5) is 0 Å². The summed E-state index contributed by atoms with van der Waals surface area (Å²) in [7, 11) is -4.04. The summed E-state index contributed by atoms with van der Waals surface area (Å²) in [5.74, 6) is -1.00. The molecule has 0 aliphatic heterocycles. The average Bonchev–Trinajstić information content (AvgIpc) is 2.35. The summed E-state index contributed by atoms with van der Waals surface area (Å²) in [4.78, 5) is 12.1. The molecule has 0 rings (SSSR count). The molecule has 0 aliphatic rings. The highest BCUT2D eigenvalue weighted by Crippen LogP contribution is 2.53. The lowest BCUT2D eigenvalue weighted by atomic mass is 10.4. The Morgan fingerprint density at radius 2 is 1.71 bits per heavy atom. The third-order valence-electron chi connectivity index (χ3n) is 2.34. The zero-order valence-electron chi connectivity index (χ0n) is 12.9. The molecule has 0 heterocycles. The number of nitrogens with one attached hydrogen (secondary N) is 1. The van der Waals surface area contributed by atoms with E-state index in [1.54, 1.807) is 13.8 Å². The summed E-state index contributed by atoms with van der Waals surface area (Å²) < 4.78 is 53.6. The summed E-state index contributed by atoms with van der Waals surface area (Å²) >= 11 is 0. The van der Waals surface area contributed by atoms with Crippen LogP contribution in [0, 0.1) is 0 Å². The minimum atomic E-state index is -4.00. The van der Waals surface area contributed by atoms with Gasteiger partial charge in [-0.15, -0.1) is 0 Å². The van der Waals surface area contributed by atoms with Crippen LogP contribution in [0.3, 0.4) is 0 Å². The van der Waals surface area contributed by atoms with Crippen molar-refractivity contribution in [3.63, 3.8) is 0 Å². The zero-order valence-corrected chi connectivity index (χ0v) is 14.6. The third kappa shape index (κ3) is 6.01. The molecule has 1 N–H and O–H groups in total. The van der Waals surface area contributed by atoms with E-state index in [1.807, 2.05) is 4.72 Å². The number of nitrogens with zero attached hydrogens (tertiary/aromatic N) is 1. The molecular formula is C10H23N2O7PS. The number of rotatable bonds is 10. The van der Waals surface area contributed by atoms with Crippen LogP contribution in [-0.4, -0.2) is 65.3 Å².